The largest absolute Gasteiger partial charge is 0.320 e. The summed E-state index contributed by atoms with van der Waals surface area (Å²) in [6, 6.07) is -0.0214. The molecule has 1 N–H and O–H groups in total. The average Bonchev–Trinajstić information content (AvgIpc) is 2.25. The number of H-pyrrole nitrogens is 1. The molecule has 7 heteroatoms. The van der Waals surface area contributed by atoms with Gasteiger partial charge in [0.25, 0.3) is 0 Å². The van der Waals surface area contributed by atoms with E-state index in [-0.39, 0.29) is 21.8 Å². The number of pyridine rings is 1. The van der Waals surface area contributed by atoms with Crippen LogP contribution >= 0.6 is 12.2 Å². The summed E-state index contributed by atoms with van der Waals surface area (Å²) in [4.78, 5) is 17.5. The Kier molecular flexibility index (Phi) is 2.78. The number of nitrogens with zero attached hydrogens (tertiary/aromatic N) is 2. The van der Waals surface area contributed by atoms with Crippen LogP contribution < -0.4 is 5.43 Å². The van der Waals surface area contributed by atoms with Crippen molar-refractivity contribution in [2.75, 3.05) is 0 Å². The number of hydrogen-bond donors (Lipinski definition) is 1. The third kappa shape index (κ3) is 1.86. The smallest absolute Gasteiger partial charge is 0.232 e. The molecule has 0 amide bonds. The second-order valence-electron chi connectivity index (χ2n) is 3.87. The van der Waals surface area contributed by atoms with Crippen molar-refractivity contribution in [1.82, 2.24) is 14.5 Å². The molecule has 0 saturated carbocycles. The number of halogens is 2. The van der Waals surface area contributed by atoms with E-state index in [2.05, 4.69) is 9.97 Å². The fourth-order valence-electron chi connectivity index (χ4n) is 1.48. The van der Waals surface area contributed by atoms with Crippen LogP contribution in [0, 0.1) is 16.5 Å². The Morgan fingerprint density at radius 2 is 2.12 bits per heavy atom. The average molecular weight is 257 g/mol. The van der Waals surface area contributed by atoms with Gasteiger partial charge in [0.2, 0.25) is 22.0 Å². The lowest BCUT2D eigenvalue weighted by molar-refractivity contribution is 0.476. The molecule has 0 aromatic carbocycles. The summed E-state index contributed by atoms with van der Waals surface area (Å²) in [6.45, 7) is 3.69. The van der Waals surface area contributed by atoms with Gasteiger partial charge in [-0.15, -0.1) is 0 Å². The highest BCUT2D eigenvalue weighted by Gasteiger charge is 2.13. The summed E-state index contributed by atoms with van der Waals surface area (Å²) in [5.74, 6) is -2.77. The van der Waals surface area contributed by atoms with E-state index in [0.717, 1.165) is 0 Å². The van der Waals surface area contributed by atoms with Crippen molar-refractivity contribution in [2.45, 2.75) is 19.9 Å². The summed E-state index contributed by atoms with van der Waals surface area (Å²) in [6.07, 6.45) is 1.39. The normalized spacial score (nSPS) is 11.4. The Balaban J connectivity index is 2.95. The second kappa shape index (κ2) is 3.99. The number of hydrogen-bond acceptors (Lipinski definition) is 3. The molecule has 2 rings (SSSR count). The molecule has 0 saturated heterocycles. The molecule has 4 nitrogen and oxygen atoms in total. The Morgan fingerprint density at radius 1 is 1.47 bits per heavy atom. The van der Waals surface area contributed by atoms with E-state index in [1.165, 1.54) is 6.20 Å². The first-order valence-corrected chi connectivity index (χ1v) is 5.33. The molecule has 0 aliphatic carbocycles. The van der Waals surface area contributed by atoms with Crippen LogP contribution in [0.5, 0.6) is 0 Å². The van der Waals surface area contributed by atoms with Gasteiger partial charge in [0, 0.05) is 12.2 Å². The van der Waals surface area contributed by atoms with E-state index < -0.39 is 17.2 Å². The Labute approximate surface area is 99.9 Å². The van der Waals surface area contributed by atoms with Gasteiger partial charge in [-0.1, -0.05) is 0 Å². The summed E-state index contributed by atoms with van der Waals surface area (Å²) < 4.78 is 27.8. The van der Waals surface area contributed by atoms with E-state index in [1.807, 2.05) is 13.8 Å². The van der Waals surface area contributed by atoms with Crippen LogP contribution in [0.1, 0.15) is 19.9 Å². The predicted molar refractivity (Wildman–Crippen MR) is 61.5 cm³/mol. The molecule has 90 valence electrons. The molecule has 2 aromatic heterocycles. The first-order valence-electron chi connectivity index (χ1n) is 4.92. The predicted octanol–water partition coefficient (Wildman–Crippen LogP) is 2.31. The van der Waals surface area contributed by atoms with Crippen LogP contribution in [-0.2, 0) is 0 Å². The third-order valence-electron chi connectivity index (χ3n) is 2.37. The van der Waals surface area contributed by atoms with Crippen molar-refractivity contribution < 1.29 is 8.78 Å². The third-order valence-corrected chi connectivity index (χ3v) is 2.67. The highest BCUT2D eigenvalue weighted by atomic mass is 32.1. The Bertz CT molecular complexity index is 705. The van der Waals surface area contributed by atoms with Gasteiger partial charge < -0.3 is 9.55 Å². The Hall–Kier alpha value is -1.63. The molecule has 17 heavy (non-hydrogen) atoms. The van der Waals surface area contributed by atoms with Crippen LogP contribution in [0.25, 0.3) is 11.0 Å². The fourth-order valence-corrected chi connectivity index (χ4v) is 1.83. The molecule has 0 spiro atoms. The molecule has 0 radical (unpaired) electrons. The van der Waals surface area contributed by atoms with E-state index >= 15 is 0 Å². The lowest BCUT2D eigenvalue weighted by Crippen LogP contribution is -2.15. The van der Waals surface area contributed by atoms with Crippen molar-refractivity contribution in [3.05, 3.63) is 33.0 Å². The minimum atomic E-state index is -1.44. The topological polar surface area (TPSA) is 50.7 Å². The molecule has 0 atom stereocenters. The fraction of sp³-hybridized carbons (Fsp3) is 0.300. The molecule has 0 fully saturated rings. The Morgan fingerprint density at radius 3 is 2.71 bits per heavy atom. The SMILES string of the molecule is CC(C)n1cc2c(=O)c(F)c(F)[nH]c2nc1=S. The number of rotatable bonds is 1. The minimum Gasteiger partial charge on any atom is -0.320 e. The number of aromatic amines is 1. The summed E-state index contributed by atoms with van der Waals surface area (Å²) in [5, 5.41) is -0.0220. The van der Waals surface area contributed by atoms with Crippen molar-refractivity contribution in [2.24, 2.45) is 0 Å². The zero-order chi connectivity index (χ0) is 12.7. The molecule has 0 unspecified atom stereocenters. The van der Waals surface area contributed by atoms with Crippen LogP contribution in [0.3, 0.4) is 0 Å². The second-order valence-corrected chi connectivity index (χ2v) is 4.23. The molecule has 0 bridgehead atoms. The van der Waals surface area contributed by atoms with E-state index in [0.29, 0.717) is 0 Å². The zero-order valence-corrected chi connectivity index (χ0v) is 9.94. The van der Waals surface area contributed by atoms with Crippen molar-refractivity contribution in [3.8, 4) is 0 Å². The van der Waals surface area contributed by atoms with E-state index in [9.17, 15) is 13.6 Å². The van der Waals surface area contributed by atoms with Crippen LogP contribution in [-0.4, -0.2) is 14.5 Å². The first kappa shape index (κ1) is 11.8. The van der Waals surface area contributed by atoms with Crippen molar-refractivity contribution >= 4 is 23.3 Å². The highest BCUT2D eigenvalue weighted by molar-refractivity contribution is 7.71. The maximum Gasteiger partial charge on any atom is 0.232 e. The van der Waals surface area contributed by atoms with Gasteiger partial charge in [0.05, 0.1) is 5.39 Å². The van der Waals surface area contributed by atoms with Gasteiger partial charge in [0.15, 0.2) is 0 Å². The van der Waals surface area contributed by atoms with Crippen LogP contribution in [0.15, 0.2) is 11.0 Å². The molecule has 2 aromatic rings. The van der Waals surface area contributed by atoms with Crippen LogP contribution in [0.4, 0.5) is 8.78 Å². The lowest BCUT2D eigenvalue weighted by Gasteiger charge is -2.11. The van der Waals surface area contributed by atoms with Crippen molar-refractivity contribution in [3.63, 3.8) is 0 Å². The maximum absolute atomic E-state index is 13.1. The zero-order valence-electron chi connectivity index (χ0n) is 9.12. The van der Waals surface area contributed by atoms with Gasteiger partial charge in [-0.05, 0) is 26.1 Å². The molecule has 2 heterocycles. The number of nitrogens with one attached hydrogen (secondary N) is 1. The van der Waals surface area contributed by atoms with Gasteiger partial charge in [-0.2, -0.15) is 8.78 Å². The maximum atomic E-state index is 13.1. The summed E-state index contributed by atoms with van der Waals surface area (Å²) >= 11 is 4.99. The summed E-state index contributed by atoms with van der Waals surface area (Å²) in [7, 11) is 0. The molecular weight excluding hydrogens is 248 g/mol. The molecule has 0 aliphatic rings. The highest BCUT2D eigenvalue weighted by Crippen LogP contribution is 2.11. The lowest BCUT2D eigenvalue weighted by atomic mass is 10.3. The van der Waals surface area contributed by atoms with Gasteiger partial charge in [0.1, 0.15) is 5.65 Å². The molecule has 0 aliphatic heterocycles. The monoisotopic (exact) mass is 257 g/mol. The molecular formula is C10H9F2N3OS. The first-order chi connectivity index (χ1) is 7.91. The van der Waals surface area contributed by atoms with Crippen LogP contribution in [0.2, 0.25) is 0 Å². The van der Waals surface area contributed by atoms with Gasteiger partial charge >= 0.3 is 0 Å². The van der Waals surface area contributed by atoms with Crippen molar-refractivity contribution in [1.29, 1.82) is 0 Å². The number of fused-ring (bicyclic) bond motifs is 1. The summed E-state index contributed by atoms with van der Waals surface area (Å²) in [5.41, 5.74) is -1.07. The van der Waals surface area contributed by atoms with Gasteiger partial charge in [-0.3, -0.25) is 4.79 Å². The number of aromatic nitrogens is 3. The standard InChI is InChI=1S/C10H9F2N3OS/c1-4(2)15-3-5-7(16)6(11)8(12)13-9(5)14-10(15)17/h3-4H,1-2H3,(H,13,14,17). The quantitative estimate of drug-likeness (QED) is 0.630. The van der Waals surface area contributed by atoms with E-state index in [4.69, 9.17) is 12.2 Å². The van der Waals surface area contributed by atoms with E-state index in [1.54, 1.807) is 4.57 Å². The minimum absolute atomic E-state index is 0.0214. The van der Waals surface area contributed by atoms with Gasteiger partial charge in [-0.25, -0.2) is 4.98 Å².